The van der Waals surface area contributed by atoms with E-state index in [1.54, 1.807) is 34.1 Å². The monoisotopic (exact) mass is 344 g/mol. The molecule has 1 aliphatic heterocycles. The van der Waals surface area contributed by atoms with E-state index >= 15 is 0 Å². The van der Waals surface area contributed by atoms with E-state index in [0.717, 1.165) is 5.56 Å². The third-order valence-electron chi connectivity index (χ3n) is 4.15. The summed E-state index contributed by atoms with van der Waals surface area (Å²) in [6, 6.07) is 14.5. The number of hydrogen-bond donors (Lipinski definition) is 0. The molecule has 1 saturated heterocycles. The van der Waals surface area contributed by atoms with Crippen LogP contribution in [-0.2, 0) is 16.4 Å². The minimum absolute atomic E-state index is 0.0961. The van der Waals surface area contributed by atoms with Crippen molar-refractivity contribution in [3.8, 4) is 0 Å². The fourth-order valence-corrected chi connectivity index (χ4v) is 3.43. The summed E-state index contributed by atoms with van der Waals surface area (Å²) in [5, 5.41) is 0. The molecule has 5 nitrogen and oxygen atoms in total. The third kappa shape index (κ3) is 3.43. The van der Waals surface area contributed by atoms with Crippen LogP contribution in [0, 0.1) is 6.92 Å². The van der Waals surface area contributed by atoms with E-state index in [0.29, 0.717) is 25.3 Å². The van der Waals surface area contributed by atoms with Gasteiger partial charge in [-0.3, -0.25) is 4.90 Å². The second-order valence-corrected chi connectivity index (χ2v) is 8.13. The SMILES string of the molecule is Cc1ccc(CN2CCN(c3cccc(S(C)(=O)=O)c3)C2=O)cc1. The molecule has 0 saturated carbocycles. The number of hydrogen-bond acceptors (Lipinski definition) is 3. The molecular weight excluding hydrogens is 324 g/mol. The average molecular weight is 344 g/mol. The fraction of sp³-hybridized carbons (Fsp3) is 0.278. The third-order valence-corrected chi connectivity index (χ3v) is 5.26. The Bertz CT molecular complexity index is 860. The molecule has 0 bridgehead atoms. The van der Waals surface area contributed by atoms with Gasteiger partial charge in [-0.15, -0.1) is 0 Å². The van der Waals surface area contributed by atoms with Gasteiger partial charge in [-0.05, 0) is 30.7 Å². The average Bonchev–Trinajstić information content (AvgIpc) is 2.90. The van der Waals surface area contributed by atoms with Crippen LogP contribution in [0.15, 0.2) is 53.4 Å². The number of benzene rings is 2. The summed E-state index contributed by atoms with van der Waals surface area (Å²) in [5.74, 6) is 0. The van der Waals surface area contributed by atoms with Gasteiger partial charge >= 0.3 is 6.03 Å². The topological polar surface area (TPSA) is 57.7 Å². The number of carbonyl (C=O) groups is 1. The number of urea groups is 1. The van der Waals surface area contributed by atoms with Crippen molar-refractivity contribution in [3.05, 3.63) is 59.7 Å². The van der Waals surface area contributed by atoms with Crippen molar-refractivity contribution in [3.63, 3.8) is 0 Å². The predicted octanol–water partition coefficient (Wildman–Crippen LogP) is 2.84. The van der Waals surface area contributed by atoms with E-state index in [2.05, 4.69) is 0 Å². The van der Waals surface area contributed by atoms with Crippen molar-refractivity contribution in [2.45, 2.75) is 18.4 Å². The highest BCUT2D eigenvalue weighted by molar-refractivity contribution is 7.90. The van der Waals surface area contributed by atoms with Crippen molar-refractivity contribution in [2.24, 2.45) is 0 Å². The van der Waals surface area contributed by atoms with E-state index in [9.17, 15) is 13.2 Å². The normalized spacial score (nSPS) is 15.2. The number of carbonyl (C=O) groups excluding carboxylic acids is 1. The Morgan fingerprint density at radius 2 is 1.75 bits per heavy atom. The zero-order valence-corrected chi connectivity index (χ0v) is 14.6. The van der Waals surface area contributed by atoms with Gasteiger partial charge in [0.2, 0.25) is 0 Å². The maximum atomic E-state index is 12.6. The summed E-state index contributed by atoms with van der Waals surface area (Å²) in [6.07, 6.45) is 1.17. The number of sulfone groups is 1. The Balaban J connectivity index is 1.78. The lowest BCUT2D eigenvalue weighted by atomic mass is 10.1. The lowest BCUT2D eigenvalue weighted by Crippen LogP contribution is -2.31. The lowest BCUT2D eigenvalue weighted by Gasteiger charge is -2.19. The van der Waals surface area contributed by atoms with Gasteiger partial charge in [-0.25, -0.2) is 13.2 Å². The molecule has 0 spiro atoms. The summed E-state index contributed by atoms with van der Waals surface area (Å²) in [5.41, 5.74) is 2.89. The molecule has 0 N–H and O–H groups in total. The number of aryl methyl sites for hydroxylation is 1. The second-order valence-electron chi connectivity index (χ2n) is 6.11. The minimum Gasteiger partial charge on any atom is -0.318 e. The summed E-state index contributed by atoms with van der Waals surface area (Å²) in [4.78, 5) is 16.3. The number of rotatable bonds is 4. The van der Waals surface area contributed by atoms with Crippen LogP contribution < -0.4 is 4.90 Å². The maximum absolute atomic E-state index is 12.6. The molecule has 0 atom stereocenters. The highest BCUT2D eigenvalue weighted by Gasteiger charge is 2.29. The highest BCUT2D eigenvalue weighted by Crippen LogP contribution is 2.24. The van der Waals surface area contributed by atoms with Crippen molar-refractivity contribution in [1.29, 1.82) is 0 Å². The molecule has 1 aliphatic rings. The Morgan fingerprint density at radius 1 is 1.04 bits per heavy atom. The van der Waals surface area contributed by atoms with Gasteiger partial charge < -0.3 is 4.90 Å². The lowest BCUT2D eigenvalue weighted by molar-refractivity contribution is 0.219. The summed E-state index contributed by atoms with van der Waals surface area (Å²) >= 11 is 0. The van der Waals surface area contributed by atoms with E-state index in [4.69, 9.17) is 0 Å². The molecule has 2 aromatic carbocycles. The van der Waals surface area contributed by atoms with Crippen LogP contribution in [0.4, 0.5) is 10.5 Å². The summed E-state index contributed by atoms with van der Waals surface area (Å²) in [7, 11) is -3.29. The molecule has 0 unspecified atom stereocenters. The first-order chi connectivity index (χ1) is 11.3. The predicted molar refractivity (Wildman–Crippen MR) is 93.9 cm³/mol. The molecule has 1 heterocycles. The number of nitrogens with zero attached hydrogens (tertiary/aromatic N) is 2. The van der Waals surface area contributed by atoms with Crippen LogP contribution in [0.5, 0.6) is 0 Å². The molecule has 2 amide bonds. The van der Waals surface area contributed by atoms with E-state index in [1.807, 2.05) is 31.2 Å². The highest BCUT2D eigenvalue weighted by atomic mass is 32.2. The number of amides is 2. The zero-order valence-electron chi connectivity index (χ0n) is 13.8. The van der Waals surface area contributed by atoms with E-state index in [-0.39, 0.29) is 10.9 Å². The van der Waals surface area contributed by atoms with Gasteiger partial charge in [0, 0.05) is 31.6 Å². The number of anilines is 1. The molecule has 126 valence electrons. The molecular formula is C18H20N2O3S. The zero-order chi connectivity index (χ0) is 17.3. The van der Waals surface area contributed by atoms with Crippen LogP contribution in [0.25, 0.3) is 0 Å². The van der Waals surface area contributed by atoms with Gasteiger partial charge in [0.25, 0.3) is 0 Å². The quantitative estimate of drug-likeness (QED) is 0.857. The second kappa shape index (κ2) is 6.28. The Kier molecular flexibility index (Phi) is 4.32. The molecule has 1 fully saturated rings. The van der Waals surface area contributed by atoms with Gasteiger partial charge in [0.15, 0.2) is 9.84 Å². The van der Waals surface area contributed by atoms with Crippen LogP contribution in [0.1, 0.15) is 11.1 Å². The summed E-state index contributed by atoms with van der Waals surface area (Å²) < 4.78 is 23.4. The molecule has 6 heteroatoms. The Morgan fingerprint density at radius 3 is 2.42 bits per heavy atom. The Hall–Kier alpha value is -2.34. The first-order valence-corrected chi connectivity index (χ1v) is 9.66. The molecule has 0 radical (unpaired) electrons. The molecule has 0 aliphatic carbocycles. The van der Waals surface area contributed by atoms with Crippen LogP contribution in [-0.4, -0.2) is 38.7 Å². The summed E-state index contributed by atoms with van der Waals surface area (Å²) in [6.45, 7) is 3.76. The smallest absolute Gasteiger partial charge is 0.318 e. The van der Waals surface area contributed by atoms with Gasteiger partial charge in [0.1, 0.15) is 0 Å². The van der Waals surface area contributed by atoms with E-state index < -0.39 is 9.84 Å². The molecule has 3 rings (SSSR count). The standard InChI is InChI=1S/C18H20N2O3S/c1-14-6-8-15(9-7-14)13-19-10-11-20(18(19)21)16-4-3-5-17(12-16)24(2,22)23/h3-9,12H,10-11,13H2,1-2H3. The van der Waals surface area contributed by atoms with E-state index in [1.165, 1.54) is 11.8 Å². The first kappa shape index (κ1) is 16.5. The van der Waals surface area contributed by atoms with Crippen LogP contribution >= 0.6 is 0 Å². The van der Waals surface area contributed by atoms with Crippen LogP contribution in [0.3, 0.4) is 0 Å². The largest absolute Gasteiger partial charge is 0.324 e. The van der Waals surface area contributed by atoms with Crippen molar-refractivity contribution < 1.29 is 13.2 Å². The Labute approximate surface area is 142 Å². The van der Waals surface area contributed by atoms with Crippen LogP contribution in [0.2, 0.25) is 0 Å². The molecule has 0 aromatic heterocycles. The van der Waals surface area contributed by atoms with Crippen molar-refractivity contribution in [2.75, 3.05) is 24.2 Å². The fourth-order valence-electron chi connectivity index (χ4n) is 2.76. The minimum atomic E-state index is -3.29. The van der Waals surface area contributed by atoms with Gasteiger partial charge in [-0.1, -0.05) is 35.9 Å². The molecule has 2 aromatic rings. The van der Waals surface area contributed by atoms with Crippen molar-refractivity contribution >= 4 is 21.6 Å². The maximum Gasteiger partial charge on any atom is 0.324 e. The molecule has 24 heavy (non-hydrogen) atoms. The van der Waals surface area contributed by atoms with Gasteiger partial charge in [-0.2, -0.15) is 0 Å². The van der Waals surface area contributed by atoms with Crippen molar-refractivity contribution in [1.82, 2.24) is 4.90 Å². The van der Waals surface area contributed by atoms with Gasteiger partial charge in [0.05, 0.1) is 4.90 Å². The first-order valence-electron chi connectivity index (χ1n) is 7.77.